The van der Waals surface area contributed by atoms with Crippen molar-refractivity contribution in [3.63, 3.8) is 0 Å². The molecule has 0 aliphatic rings. The van der Waals surface area contributed by atoms with Crippen LogP contribution < -0.4 is 5.73 Å². The van der Waals surface area contributed by atoms with Crippen LogP contribution in [0.25, 0.3) is 0 Å². The number of carbonyl (C=O) groups excluding carboxylic acids is 1. The van der Waals surface area contributed by atoms with Crippen LogP contribution in [-0.2, 0) is 57.0 Å². The predicted molar refractivity (Wildman–Crippen MR) is 160 cm³/mol. The lowest BCUT2D eigenvalue weighted by atomic mass is 10.2. The van der Waals surface area contributed by atoms with E-state index >= 15 is 0 Å². The SMILES string of the molecule is CCCCOC(OCC)(OC(=O)[C@@H](N)CCC(=O)O)C(OCC)(OCC)OCCC(OCCC)C(OCC)(OCC)OCC. The molecule has 0 aromatic rings. The molecule has 0 saturated carbocycles. The number of carbonyl (C=O) groups is 2. The van der Waals surface area contributed by atoms with Gasteiger partial charge in [-0.15, -0.1) is 0 Å². The molecule has 14 heteroatoms. The van der Waals surface area contributed by atoms with Gasteiger partial charge in [0.15, 0.2) is 0 Å². The van der Waals surface area contributed by atoms with Crippen LogP contribution in [-0.4, -0.2) is 107 Å². The van der Waals surface area contributed by atoms with Crippen molar-refractivity contribution in [1.29, 1.82) is 0 Å². The standard InChI is InChI=1S/C30H59NO13/c1-9-17-22-42-30(41-16-8,44-27(34)24(31)18-19-26(32)33)29(39-14-6,40-15-7)43-23-20-25(35-21-10-2)28(36-11-3,37-12-4)38-13-5/h24-25H,9-23,31H2,1-8H3,(H,32,33)/t24-,25?,30?/m0/s1. The molecular weight excluding hydrogens is 582 g/mol. The van der Waals surface area contributed by atoms with Crippen molar-refractivity contribution in [3.8, 4) is 0 Å². The van der Waals surface area contributed by atoms with E-state index in [-0.39, 0.29) is 52.3 Å². The van der Waals surface area contributed by atoms with E-state index in [9.17, 15) is 9.59 Å². The fourth-order valence-electron chi connectivity index (χ4n) is 4.19. The average Bonchev–Trinajstić information content (AvgIpc) is 2.98. The van der Waals surface area contributed by atoms with Gasteiger partial charge in [-0.1, -0.05) is 20.3 Å². The third kappa shape index (κ3) is 13.5. The second-order valence-corrected chi connectivity index (χ2v) is 9.47. The van der Waals surface area contributed by atoms with Gasteiger partial charge in [0.05, 0.1) is 19.8 Å². The Bertz CT molecular complexity index is 733. The monoisotopic (exact) mass is 641 g/mol. The Labute approximate surface area is 263 Å². The van der Waals surface area contributed by atoms with Crippen molar-refractivity contribution in [2.24, 2.45) is 5.73 Å². The van der Waals surface area contributed by atoms with E-state index < -0.39 is 42.0 Å². The summed E-state index contributed by atoms with van der Waals surface area (Å²) in [4.78, 5) is 24.3. The third-order valence-corrected chi connectivity index (χ3v) is 6.00. The second kappa shape index (κ2) is 23.8. The van der Waals surface area contributed by atoms with Crippen LogP contribution in [0, 0.1) is 0 Å². The van der Waals surface area contributed by atoms with Crippen molar-refractivity contribution < 1.29 is 62.1 Å². The molecule has 3 atom stereocenters. The molecule has 44 heavy (non-hydrogen) atoms. The van der Waals surface area contributed by atoms with Gasteiger partial charge >= 0.3 is 29.9 Å². The third-order valence-electron chi connectivity index (χ3n) is 6.00. The number of ether oxygens (including phenoxy) is 10. The lowest BCUT2D eigenvalue weighted by Crippen LogP contribution is -2.66. The Morgan fingerprint density at radius 3 is 1.59 bits per heavy atom. The molecule has 0 aliphatic heterocycles. The largest absolute Gasteiger partial charge is 0.481 e. The molecule has 262 valence electrons. The maximum absolute atomic E-state index is 13.2. The zero-order valence-electron chi connectivity index (χ0n) is 28.2. The summed E-state index contributed by atoms with van der Waals surface area (Å²) in [5.74, 6) is -8.17. The van der Waals surface area contributed by atoms with Crippen LogP contribution in [0.5, 0.6) is 0 Å². The van der Waals surface area contributed by atoms with Crippen LogP contribution in [0.2, 0.25) is 0 Å². The molecule has 0 radical (unpaired) electrons. The Kier molecular flexibility index (Phi) is 23.0. The van der Waals surface area contributed by atoms with Crippen molar-refractivity contribution in [2.75, 3.05) is 59.5 Å². The number of carboxylic acids is 1. The van der Waals surface area contributed by atoms with Crippen molar-refractivity contribution in [3.05, 3.63) is 0 Å². The number of carboxylic acid groups (broad SMARTS) is 1. The van der Waals surface area contributed by atoms with E-state index in [2.05, 4.69) is 0 Å². The smallest absolute Gasteiger partial charge is 0.416 e. The molecule has 0 saturated heterocycles. The van der Waals surface area contributed by atoms with Crippen molar-refractivity contribution in [2.45, 2.75) is 124 Å². The van der Waals surface area contributed by atoms with Gasteiger partial charge in [0.25, 0.3) is 0 Å². The molecule has 0 bridgehead atoms. The summed E-state index contributed by atoms with van der Waals surface area (Å²) in [5, 5.41) is 9.07. The van der Waals surface area contributed by atoms with Gasteiger partial charge in [-0.3, -0.25) is 9.59 Å². The second-order valence-electron chi connectivity index (χ2n) is 9.47. The minimum absolute atomic E-state index is 0.000600. The summed E-state index contributed by atoms with van der Waals surface area (Å²) >= 11 is 0. The summed E-state index contributed by atoms with van der Waals surface area (Å²) in [6, 6.07) is -1.29. The van der Waals surface area contributed by atoms with E-state index in [1.165, 1.54) is 0 Å². The Morgan fingerprint density at radius 2 is 1.14 bits per heavy atom. The average molecular weight is 642 g/mol. The summed E-state index contributed by atoms with van der Waals surface area (Å²) in [7, 11) is 0. The first-order valence-electron chi connectivity index (χ1n) is 16.0. The van der Waals surface area contributed by atoms with Crippen molar-refractivity contribution >= 4 is 11.9 Å². The van der Waals surface area contributed by atoms with E-state index in [4.69, 9.17) is 58.2 Å². The molecular formula is C30H59NO13. The Morgan fingerprint density at radius 1 is 0.636 bits per heavy atom. The summed E-state index contributed by atoms with van der Waals surface area (Å²) in [6.45, 7) is 15.9. The van der Waals surface area contributed by atoms with Gasteiger partial charge in [-0.25, -0.2) is 0 Å². The van der Waals surface area contributed by atoms with Gasteiger partial charge in [0.2, 0.25) is 0 Å². The first-order chi connectivity index (χ1) is 21.1. The molecule has 0 spiro atoms. The molecule has 0 aliphatic carbocycles. The Balaban J connectivity index is 6.68. The number of unbranched alkanes of at least 4 members (excludes halogenated alkanes) is 1. The van der Waals surface area contributed by atoms with E-state index in [0.717, 1.165) is 12.8 Å². The summed E-state index contributed by atoms with van der Waals surface area (Å²) in [5.41, 5.74) is 6.00. The number of rotatable bonds is 30. The van der Waals surface area contributed by atoms with Gasteiger partial charge in [0.1, 0.15) is 12.1 Å². The van der Waals surface area contributed by atoms with Crippen LogP contribution in [0.1, 0.15) is 93.9 Å². The van der Waals surface area contributed by atoms with Crippen LogP contribution >= 0.6 is 0 Å². The maximum atomic E-state index is 13.2. The first-order valence-corrected chi connectivity index (χ1v) is 16.0. The van der Waals surface area contributed by atoms with Gasteiger partial charge < -0.3 is 58.2 Å². The van der Waals surface area contributed by atoms with Gasteiger partial charge in [0, 0.05) is 52.5 Å². The summed E-state index contributed by atoms with van der Waals surface area (Å²) < 4.78 is 60.4. The lowest BCUT2D eigenvalue weighted by Gasteiger charge is -2.45. The highest BCUT2D eigenvalue weighted by Gasteiger charge is 2.63. The van der Waals surface area contributed by atoms with Crippen LogP contribution in [0.3, 0.4) is 0 Å². The lowest BCUT2D eigenvalue weighted by molar-refractivity contribution is -0.551. The van der Waals surface area contributed by atoms with Crippen LogP contribution in [0.4, 0.5) is 0 Å². The highest BCUT2D eigenvalue weighted by Crippen LogP contribution is 2.38. The van der Waals surface area contributed by atoms with Crippen molar-refractivity contribution in [1.82, 2.24) is 0 Å². The number of esters is 1. The fourth-order valence-corrected chi connectivity index (χ4v) is 4.19. The molecule has 2 unspecified atom stereocenters. The molecule has 0 fully saturated rings. The highest BCUT2D eigenvalue weighted by molar-refractivity contribution is 5.77. The molecule has 14 nitrogen and oxygen atoms in total. The van der Waals surface area contributed by atoms with E-state index in [0.29, 0.717) is 32.8 Å². The normalized spacial score (nSPS) is 15.1. The number of aliphatic carboxylic acids is 1. The van der Waals surface area contributed by atoms with Gasteiger partial charge in [-0.05, 0) is 60.8 Å². The minimum Gasteiger partial charge on any atom is -0.481 e. The first kappa shape index (κ1) is 42.5. The molecule has 0 aromatic heterocycles. The molecule has 0 heterocycles. The Hall–Kier alpha value is -1.46. The van der Waals surface area contributed by atoms with Gasteiger partial charge in [-0.2, -0.15) is 0 Å². The fraction of sp³-hybridized carbons (Fsp3) is 0.933. The topological polar surface area (TPSA) is 173 Å². The predicted octanol–water partition coefficient (Wildman–Crippen LogP) is 3.92. The molecule has 0 aromatic carbocycles. The zero-order valence-corrected chi connectivity index (χ0v) is 28.2. The van der Waals surface area contributed by atoms with Crippen LogP contribution in [0.15, 0.2) is 0 Å². The highest BCUT2D eigenvalue weighted by atomic mass is 17.0. The quantitative estimate of drug-likeness (QED) is 0.0656. The number of nitrogens with two attached hydrogens (primary N) is 1. The zero-order chi connectivity index (χ0) is 33.5. The summed E-state index contributed by atoms with van der Waals surface area (Å²) in [6.07, 6.45) is 0.995. The maximum Gasteiger partial charge on any atom is 0.416 e. The van der Waals surface area contributed by atoms with E-state index in [1.807, 2.05) is 34.6 Å². The minimum atomic E-state index is -2.36. The number of hydrogen-bond acceptors (Lipinski definition) is 13. The molecule has 0 amide bonds. The van der Waals surface area contributed by atoms with E-state index in [1.54, 1.807) is 20.8 Å². The molecule has 0 rings (SSSR count). The number of hydrogen-bond donors (Lipinski definition) is 2. The molecule has 3 N–H and O–H groups in total.